The molecular formula is C11H13NO4S. The van der Waals surface area contributed by atoms with Crippen LogP contribution in [-0.4, -0.2) is 34.4 Å². The van der Waals surface area contributed by atoms with Gasteiger partial charge >= 0.3 is 11.9 Å². The molecule has 0 amide bonds. The predicted molar refractivity (Wildman–Crippen MR) is 64.0 cm³/mol. The van der Waals surface area contributed by atoms with Crippen molar-refractivity contribution < 1.29 is 19.4 Å². The smallest absolute Gasteiger partial charge is 0.339 e. The van der Waals surface area contributed by atoms with E-state index in [0.29, 0.717) is 11.3 Å². The molecule has 17 heavy (non-hydrogen) atoms. The fourth-order valence-corrected chi connectivity index (χ4v) is 1.76. The van der Waals surface area contributed by atoms with Gasteiger partial charge in [-0.25, -0.2) is 4.79 Å². The molecule has 1 heterocycles. The zero-order valence-electron chi connectivity index (χ0n) is 9.54. The van der Waals surface area contributed by atoms with Gasteiger partial charge < -0.3 is 9.84 Å². The molecular weight excluding hydrogens is 242 g/mol. The van der Waals surface area contributed by atoms with Gasteiger partial charge in [0.05, 0.1) is 23.6 Å². The van der Waals surface area contributed by atoms with Crippen molar-refractivity contribution in [2.24, 2.45) is 0 Å². The Kier molecular flexibility index (Phi) is 4.96. The van der Waals surface area contributed by atoms with Crippen LogP contribution in [0.25, 0.3) is 0 Å². The van der Waals surface area contributed by atoms with Crippen molar-refractivity contribution in [3.05, 3.63) is 29.6 Å². The Morgan fingerprint density at radius 3 is 2.71 bits per heavy atom. The normalized spacial score (nSPS) is 11.9. The monoisotopic (exact) mass is 255 g/mol. The first kappa shape index (κ1) is 13.5. The van der Waals surface area contributed by atoms with Crippen molar-refractivity contribution in [1.82, 2.24) is 4.98 Å². The van der Waals surface area contributed by atoms with Crippen molar-refractivity contribution in [2.75, 3.05) is 7.11 Å². The molecule has 1 unspecified atom stereocenters. The lowest BCUT2D eigenvalue weighted by atomic mass is 10.2. The molecule has 0 radical (unpaired) electrons. The fraction of sp³-hybridized carbons (Fsp3) is 0.364. The van der Waals surface area contributed by atoms with E-state index in [9.17, 15) is 9.59 Å². The SMILES string of the molecule is COC(=O)c1ccc(CSC(C)C(=O)O)nc1. The van der Waals surface area contributed by atoms with Crippen LogP contribution in [0, 0.1) is 0 Å². The molecule has 1 aromatic heterocycles. The van der Waals surface area contributed by atoms with Crippen LogP contribution in [0.1, 0.15) is 23.0 Å². The van der Waals surface area contributed by atoms with Gasteiger partial charge in [0.2, 0.25) is 0 Å². The van der Waals surface area contributed by atoms with Crippen LogP contribution in [0.5, 0.6) is 0 Å². The molecule has 0 saturated carbocycles. The summed E-state index contributed by atoms with van der Waals surface area (Å²) in [6.45, 7) is 1.62. The first-order chi connectivity index (χ1) is 8.04. The van der Waals surface area contributed by atoms with E-state index in [1.54, 1.807) is 19.1 Å². The highest BCUT2D eigenvalue weighted by Crippen LogP contribution is 2.16. The Morgan fingerprint density at radius 1 is 1.53 bits per heavy atom. The lowest BCUT2D eigenvalue weighted by Gasteiger charge is -2.05. The van der Waals surface area contributed by atoms with E-state index in [1.807, 2.05) is 0 Å². The molecule has 1 atom stereocenters. The van der Waals surface area contributed by atoms with Crippen LogP contribution < -0.4 is 0 Å². The maximum Gasteiger partial charge on any atom is 0.339 e. The zero-order valence-corrected chi connectivity index (χ0v) is 10.4. The highest BCUT2D eigenvalue weighted by molar-refractivity contribution is 7.99. The quantitative estimate of drug-likeness (QED) is 0.805. The number of hydrogen-bond donors (Lipinski definition) is 1. The largest absolute Gasteiger partial charge is 0.480 e. The van der Waals surface area contributed by atoms with Gasteiger partial charge in [-0.15, -0.1) is 11.8 Å². The third kappa shape index (κ3) is 4.07. The Bertz CT molecular complexity index is 404. The summed E-state index contributed by atoms with van der Waals surface area (Å²) in [5, 5.41) is 8.23. The molecule has 1 rings (SSSR count). The molecule has 0 aliphatic rings. The number of rotatable bonds is 5. The number of esters is 1. The number of aromatic nitrogens is 1. The second-order valence-electron chi connectivity index (χ2n) is 3.32. The zero-order chi connectivity index (χ0) is 12.8. The number of thioether (sulfide) groups is 1. The Balaban J connectivity index is 2.57. The second kappa shape index (κ2) is 6.24. The van der Waals surface area contributed by atoms with Gasteiger partial charge in [0.1, 0.15) is 0 Å². The van der Waals surface area contributed by atoms with E-state index < -0.39 is 17.2 Å². The summed E-state index contributed by atoms with van der Waals surface area (Å²) in [5.41, 5.74) is 1.11. The number of hydrogen-bond acceptors (Lipinski definition) is 5. The molecule has 5 nitrogen and oxygen atoms in total. The Morgan fingerprint density at radius 2 is 2.24 bits per heavy atom. The topological polar surface area (TPSA) is 76.5 Å². The minimum absolute atomic E-state index is 0.382. The van der Waals surface area contributed by atoms with E-state index >= 15 is 0 Å². The van der Waals surface area contributed by atoms with Gasteiger partial charge in [-0.1, -0.05) is 0 Å². The number of carbonyl (C=O) groups excluding carboxylic acids is 1. The molecule has 0 fully saturated rings. The summed E-state index contributed by atoms with van der Waals surface area (Å²) in [6.07, 6.45) is 1.42. The van der Waals surface area contributed by atoms with Crippen molar-refractivity contribution in [1.29, 1.82) is 0 Å². The number of carbonyl (C=O) groups is 2. The molecule has 0 saturated heterocycles. The van der Waals surface area contributed by atoms with E-state index in [4.69, 9.17) is 5.11 Å². The number of aliphatic carboxylic acids is 1. The lowest BCUT2D eigenvalue weighted by Crippen LogP contribution is -2.11. The summed E-state index contributed by atoms with van der Waals surface area (Å²) in [4.78, 5) is 25.8. The minimum Gasteiger partial charge on any atom is -0.480 e. The standard InChI is InChI=1S/C11H13NO4S/c1-7(10(13)14)17-6-9-4-3-8(5-12-9)11(15)16-2/h3-5,7H,6H2,1-2H3,(H,13,14). The van der Waals surface area contributed by atoms with Gasteiger partial charge in [0, 0.05) is 11.9 Å². The van der Waals surface area contributed by atoms with Crippen molar-refractivity contribution >= 4 is 23.7 Å². The number of methoxy groups -OCH3 is 1. The van der Waals surface area contributed by atoms with Crippen molar-refractivity contribution in [3.8, 4) is 0 Å². The highest BCUT2D eigenvalue weighted by Gasteiger charge is 2.12. The molecule has 0 spiro atoms. The van der Waals surface area contributed by atoms with Gasteiger partial charge in [0.25, 0.3) is 0 Å². The number of nitrogens with zero attached hydrogens (tertiary/aromatic N) is 1. The van der Waals surface area contributed by atoms with E-state index in [-0.39, 0.29) is 0 Å². The molecule has 1 N–H and O–H groups in total. The van der Waals surface area contributed by atoms with E-state index in [1.165, 1.54) is 25.1 Å². The van der Waals surface area contributed by atoms with Crippen LogP contribution in [0.2, 0.25) is 0 Å². The second-order valence-corrected chi connectivity index (χ2v) is 4.65. The van der Waals surface area contributed by atoms with Crippen LogP contribution >= 0.6 is 11.8 Å². The van der Waals surface area contributed by atoms with Gasteiger partial charge in [-0.05, 0) is 19.1 Å². The average Bonchev–Trinajstić information content (AvgIpc) is 2.35. The van der Waals surface area contributed by atoms with E-state index in [2.05, 4.69) is 9.72 Å². The van der Waals surface area contributed by atoms with Crippen LogP contribution in [0.3, 0.4) is 0 Å². The Labute approximate surface area is 103 Å². The number of carboxylic acid groups (broad SMARTS) is 1. The average molecular weight is 255 g/mol. The molecule has 1 aromatic rings. The first-order valence-corrected chi connectivity index (χ1v) is 5.97. The van der Waals surface area contributed by atoms with Crippen molar-refractivity contribution in [2.45, 2.75) is 17.9 Å². The number of carboxylic acids is 1. The third-order valence-electron chi connectivity index (χ3n) is 2.07. The maximum absolute atomic E-state index is 11.1. The van der Waals surface area contributed by atoms with E-state index in [0.717, 1.165) is 5.69 Å². The summed E-state index contributed by atoms with van der Waals surface area (Å²) in [5.74, 6) is -0.786. The van der Waals surface area contributed by atoms with Crippen LogP contribution in [-0.2, 0) is 15.3 Å². The highest BCUT2D eigenvalue weighted by atomic mass is 32.2. The van der Waals surface area contributed by atoms with Gasteiger partial charge in [-0.2, -0.15) is 0 Å². The molecule has 0 bridgehead atoms. The molecule has 0 aliphatic carbocycles. The minimum atomic E-state index is -0.846. The van der Waals surface area contributed by atoms with Crippen LogP contribution in [0.4, 0.5) is 0 Å². The number of ether oxygens (including phenoxy) is 1. The third-order valence-corrected chi connectivity index (χ3v) is 3.24. The van der Waals surface area contributed by atoms with Crippen LogP contribution in [0.15, 0.2) is 18.3 Å². The summed E-state index contributed by atoms with van der Waals surface area (Å²) < 4.78 is 4.54. The summed E-state index contributed by atoms with van der Waals surface area (Å²) in [7, 11) is 1.31. The molecule has 0 aromatic carbocycles. The van der Waals surface area contributed by atoms with Gasteiger partial charge in [0.15, 0.2) is 0 Å². The predicted octanol–water partition coefficient (Wildman–Crippen LogP) is 1.57. The number of pyridine rings is 1. The Hall–Kier alpha value is -1.56. The summed E-state index contributed by atoms with van der Waals surface area (Å²) >= 11 is 1.28. The summed E-state index contributed by atoms with van der Waals surface area (Å²) in [6, 6.07) is 3.30. The lowest BCUT2D eigenvalue weighted by molar-refractivity contribution is -0.136. The molecule has 6 heteroatoms. The van der Waals surface area contributed by atoms with Gasteiger partial charge in [-0.3, -0.25) is 9.78 Å². The fourth-order valence-electron chi connectivity index (χ4n) is 1.03. The maximum atomic E-state index is 11.1. The molecule has 0 aliphatic heterocycles. The van der Waals surface area contributed by atoms with Crippen molar-refractivity contribution in [3.63, 3.8) is 0 Å². The first-order valence-electron chi connectivity index (χ1n) is 4.92. The molecule has 92 valence electrons.